The van der Waals surface area contributed by atoms with E-state index in [-0.39, 0.29) is 11.2 Å². The summed E-state index contributed by atoms with van der Waals surface area (Å²) in [6, 6.07) is 6.93. The molecule has 0 N–H and O–H groups in total. The summed E-state index contributed by atoms with van der Waals surface area (Å²) in [5, 5.41) is 12.9. The van der Waals surface area contributed by atoms with Crippen LogP contribution >= 0.6 is 11.3 Å². The van der Waals surface area contributed by atoms with Gasteiger partial charge in [0, 0.05) is 29.6 Å². The van der Waals surface area contributed by atoms with E-state index in [1.54, 1.807) is 11.3 Å². The molecule has 0 amide bonds. The molecule has 2 aromatic heterocycles. The van der Waals surface area contributed by atoms with Gasteiger partial charge in [-0.3, -0.25) is 24.4 Å². The fourth-order valence-electron chi connectivity index (χ4n) is 2.73. The van der Waals surface area contributed by atoms with Crippen LogP contribution in [0, 0.1) is 10.1 Å². The molecule has 0 radical (unpaired) electrons. The van der Waals surface area contributed by atoms with Gasteiger partial charge >= 0.3 is 0 Å². The van der Waals surface area contributed by atoms with Crippen molar-refractivity contribution in [1.82, 2.24) is 9.47 Å². The number of nitrogens with zero attached hydrogens (tertiary/aromatic N) is 3. The summed E-state index contributed by atoms with van der Waals surface area (Å²) >= 11 is 1.71. The minimum absolute atomic E-state index is 0.0542. The summed E-state index contributed by atoms with van der Waals surface area (Å²) in [6.07, 6.45) is 3.46. The van der Waals surface area contributed by atoms with Crippen molar-refractivity contribution in [1.29, 1.82) is 0 Å². The Morgan fingerprint density at radius 3 is 2.95 bits per heavy atom. The SMILES string of the molecule is O=c1ccc([N+](=O)[O-])cn1CN1CCC[C@H]1c1cccs1. The van der Waals surface area contributed by atoms with Gasteiger partial charge in [-0.15, -0.1) is 11.3 Å². The van der Waals surface area contributed by atoms with Crippen molar-refractivity contribution in [3.63, 3.8) is 0 Å². The van der Waals surface area contributed by atoms with Gasteiger partial charge in [0.25, 0.3) is 11.2 Å². The number of nitro groups is 1. The summed E-state index contributed by atoms with van der Waals surface area (Å²) in [7, 11) is 0. The van der Waals surface area contributed by atoms with Gasteiger partial charge in [0.2, 0.25) is 0 Å². The van der Waals surface area contributed by atoms with Crippen LogP contribution in [-0.4, -0.2) is 20.9 Å². The van der Waals surface area contributed by atoms with Crippen LogP contribution in [0.2, 0.25) is 0 Å². The zero-order valence-corrected chi connectivity index (χ0v) is 12.2. The van der Waals surface area contributed by atoms with Gasteiger partial charge < -0.3 is 0 Å². The van der Waals surface area contributed by atoms with E-state index in [1.165, 1.54) is 27.8 Å². The Bertz CT molecular complexity index is 696. The molecule has 6 nitrogen and oxygen atoms in total. The zero-order valence-electron chi connectivity index (χ0n) is 11.3. The van der Waals surface area contributed by atoms with Gasteiger partial charge in [-0.25, -0.2) is 0 Å². The standard InChI is InChI=1S/C14H15N3O3S/c18-14-6-5-11(17(19)20)9-16(14)10-15-7-1-3-12(15)13-4-2-8-21-13/h2,4-6,8-9,12H,1,3,7,10H2/t12-/m0/s1. The van der Waals surface area contributed by atoms with Crippen LogP contribution in [-0.2, 0) is 6.67 Å². The van der Waals surface area contributed by atoms with Crippen molar-refractivity contribution in [3.05, 3.63) is 61.2 Å². The molecule has 1 saturated heterocycles. The van der Waals surface area contributed by atoms with Crippen LogP contribution < -0.4 is 5.56 Å². The van der Waals surface area contributed by atoms with Crippen LogP contribution in [0.4, 0.5) is 5.69 Å². The minimum atomic E-state index is -0.476. The van der Waals surface area contributed by atoms with Crippen LogP contribution in [0.25, 0.3) is 0 Å². The predicted molar refractivity (Wildman–Crippen MR) is 80.4 cm³/mol. The quantitative estimate of drug-likeness (QED) is 0.643. The number of hydrogen-bond acceptors (Lipinski definition) is 5. The van der Waals surface area contributed by atoms with Gasteiger partial charge in [0.15, 0.2) is 0 Å². The monoisotopic (exact) mass is 305 g/mol. The molecule has 0 spiro atoms. The molecule has 1 fully saturated rings. The third-order valence-corrected chi connectivity index (χ3v) is 4.72. The molecule has 1 atom stereocenters. The van der Waals surface area contributed by atoms with E-state index in [0.29, 0.717) is 12.7 Å². The van der Waals surface area contributed by atoms with Crippen molar-refractivity contribution in [2.24, 2.45) is 0 Å². The highest BCUT2D eigenvalue weighted by molar-refractivity contribution is 7.10. The number of likely N-dealkylation sites (tertiary alicyclic amines) is 1. The third-order valence-electron chi connectivity index (χ3n) is 3.75. The first-order valence-electron chi connectivity index (χ1n) is 6.77. The van der Waals surface area contributed by atoms with Crippen LogP contribution in [0.15, 0.2) is 40.6 Å². The van der Waals surface area contributed by atoms with Gasteiger partial charge in [-0.05, 0) is 24.3 Å². The topological polar surface area (TPSA) is 68.4 Å². The molecule has 2 aromatic rings. The average Bonchev–Trinajstić information content (AvgIpc) is 3.11. The van der Waals surface area contributed by atoms with Gasteiger partial charge in [-0.2, -0.15) is 0 Å². The molecule has 21 heavy (non-hydrogen) atoms. The van der Waals surface area contributed by atoms with Gasteiger partial charge in [0.1, 0.15) is 0 Å². The van der Waals surface area contributed by atoms with Crippen molar-refractivity contribution in [3.8, 4) is 0 Å². The summed E-state index contributed by atoms with van der Waals surface area (Å²) < 4.78 is 1.42. The van der Waals surface area contributed by atoms with E-state index >= 15 is 0 Å². The molecule has 1 aliphatic rings. The molecule has 0 saturated carbocycles. The van der Waals surface area contributed by atoms with Crippen molar-refractivity contribution >= 4 is 17.0 Å². The number of thiophene rings is 1. The summed E-state index contributed by atoms with van der Waals surface area (Å²) in [5.74, 6) is 0. The third kappa shape index (κ3) is 2.88. The molecule has 7 heteroatoms. The lowest BCUT2D eigenvalue weighted by Crippen LogP contribution is -2.31. The molecule has 110 valence electrons. The largest absolute Gasteiger partial charge is 0.295 e. The smallest absolute Gasteiger partial charge is 0.285 e. The van der Waals surface area contributed by atoms with E-state index in [1.807, 2.05) is 11.4 Å². The van der Waals surface area contributed by atoms with E-state index in [4.69, 9.17) is 0 Å². The summed E-state index contributed by atoms with van der Waals surface area (Å²) in [4.78, 5) is 25.7. The van der Waals surface area contributed by atoms with E-state index in [0.717, 1.165) is 19.4 Å². The zero-order chi connectivity index (χ0) is 14.8. The second-order valence-electron chi connectivity index (χ2n) is 5.08. The molecule has 3 heterocycles. The molecule has 0 aromatic carbocycles. The molecule has 0 bridgehead atoms. The first kappa shape index (κ1) is 14.0. The minimum Gasteiger partial charge on any atom is -0.295 e. The van der Waals surface area contributed by atoms with E-state index in [9.17, 15) is 14.9 Å². The number of aromatic nitrogens is 1. The molecular weight excluding hydrogens is 290 g/mol. The number of rotatable bonds is 4. The highest BCUT2D eigenvalue weighted by Crippen LogP contribution is 2.34. The van der Waals surface area contributed by atoms with Gasteiger partial charge in [-0.1, -0.05) is 6.07 Å². The fraction of sp³-hybridized carbons (Fsp3) is 0.357. The lowest BCUT2D eigenvalue weighted by atomic mass is 10.2. The molecule has 1 aliphatic heterocycles. The summed E-state index contributed by atoms with van der Waals surface area (Å²) in [5.41, 5.74) is -0.265. The highest BCUT2D eigenvalue weighted by Gasteiger charge is 2.27. The molecule has 0 unspecified atom stereocenters. The molecule has 0 aliphatic carbocycles. The lowest BCUT2D eigenvalue weighted by molar-refractivity contribution is -0.385. The average molecular weight is 305 g/mol. The first-order valence-corrected chi connectivity index (χ1v) is 7.65. The van der Waals surface area contributed by atoms with Crippen molar-refractivity contribution in [2.45, 2.75) is 25.6 Å². The van der Waals surface area contributed by atoms with E-state index < -0.39 is 4.92 Å². The number of hydrogen-bond donors (Lipinski definition) is 0. The second-order valence-corrected chi connectivity index (χ2v) is 6.06. The van der Waals surface area contributed by atoms with Crippen LogP contribution in [0.3, 0.4) is 0 Å². The van der Waals surface area contributed by atoms with Crippen molar-refractivity contribution in [2.75, 3.05) is 6.54 Å². The Hall–Kier alpha value is -1.99. The summed E-state index contributed by atoms with van der Waals surface area (Å²) in [6.45, 7) is 1.29. The first-order chi connectivity index (χ1) is 10.1. The predicted octanol–water partition coefficient (Wildman–Crippen LogP) is 2.61. The number of pyridine rings is 1. The molecular formula is C14H15N3O3S. The van der Waals surface area contributed by atoms with Gasteiger partial charge in [0.05, 0.1) is 17.8 Å². The maximum absolute atomic E-state index is 11.9. The van der Waals surface area contributed by atoms with Crippen molar-refractivity contribution < 1.29 is 4.92 Å². The Morgan fingerprint density at radius 2 is 2.24 bits per heavy atom. The Balaban J connectivity index is 1.84. The lowest BCUT2D eigenvalue weighted by Gasteiger charge is -2.24. The highest BCUT2D eigenvalue weighted by atomic mass is 32.1. The van der Waals surface area contributed by atoms with E-state index in [2.05, 4.69) is 11.0 Å². The Kier molecular flexibility index (Phi) is 3.85. The Labute approximate surface area is 125 Å². The normalized spacial score (nSPS) is 19.0. The van der Waals surface area contributed by atoms with Crippen LogP contribution in [0.5, 0.6) is 0 Å². The second kappa shape index (κ2) is 5.79. The van der Waals surface area contributed by atoms with Crippen LogP contribution in [0.1, 0.15) is 23.8 Å². The Morgan fingerprint density at radius 1 is 1.38 bits per heavy atom. The molecule has 3 rings (SSSR count). The fourth-order valence-corrected chi connectivity index (χ4v) is 3.63. The maximum Gasteiger partial charge on any atom is 0.285 e. The maximum atomic E-state index is 11.9.